The van der Waals surface area contributed by atoms with Crippen molar-refractivity contribution in [2.45, 2.75) is 50.8 Å². The van der Waals surface area contributed by atoms with Crippen LogP contribution in [0.25, 0.3) is 5.65 Å². The van der Waals surface area contributed by atoms with E-state index in [0.717, 1.165) is 49.5 Å². The van der Waals surface area contributed by atoms with E-state index in [1.807, 2.05) is 23.0 Å². The average Bonchev–Trinajstić information content (AvgIpc) is 3.02. The van der Waals surface area contributed by atoms with Gasteiger partial charge < -0.3 is 19.7 Å². The Morgan fingerprint density at radius 3 is 2.81 bits per heavy atom. The van der Waals surface area contributed by atoms with E-state index in [-0.39, 0.29) is 6.10 Å². The second-order valence-corrected chi connectivity index (χ2v) is 6.06. The number of fused-ring (bicyclic) bond motifs is 3. The van der Waals surface area contributed by atoms with Crippen LogP contribution in [0.15, 0.2) is 18.6 Å². The normalized spacial score (nSPS) is 28.3. The summed E-state index contributed by atoms with van der Waals surface area (Å²) in [6.07, 6.45) is 9.57. The van der Waals surface area contributed by atoms with Crippen molar-refractivity contribution < 1.29 is 5.11 Å². The molecule has 0 spiro atoms. The number of nitrogens with zero attached hydrogens (tertiary/aromatic N) is 4. The van der Waals surface area contributed by atoms with Gasteiger partial charge in [-0.3, -0.25) is 0 Å². The fraction of sp³-hybridized carbons (Fsp3) is 0.600. The van der Waals surface area contributed by atoms with Crippen LogP contribution in [0.4, 0.5) is 11.6 Å². The van der Waals surface area contributed by atoms with Gasteiger partial charge in [0, 0.05) is 31.0 Å². The predicted molar refractivity (Wildman–Crippen MR) is 81.7 cm³/mol. The molecule has 2 atom stereocenters. The molecule has 0 radical (unpaired) electrons. The molecule has 112 valence electrons. The van der Waals surface area contributed by atoms with E-state index in [9.17, 15) is 5.11 Å². The van der Waals surface area contributed by atoms with Crippen molar-refractivity contribution in [3.8, 4) is 0 Å². The molecule has 6 heteroatoms. The highest BCUT2D eigenvalue weighted by atomic mass is 16.3. The quantitative estimate of drug-likeness (QED) is 0.898. The topological polar surface area (TPSA) is 65.7 Å². The third kappa shape index (κ3) is 2.05. The molecular weight excluding hydrogens is 266 g/mol. The first-order valence-corrected chi connectivity index (χ1v) is 7.80. The highest BCUT2D eigenvalue weighted by Crippen LogP contribution is 2.40. The summed E-state index contributed by atoms with van der Waals surface area (Å²) >= 11 is 0. The lowest BCUT2D eigenvalue weighted by Gasteiger charge is -2.38. The van der Waals surface area contributed by atoms with Crippen molar-refractivity contribution in [1.29, 1.82) is 0 Å². The summed E-state index contributed by atoms with van der Waals surface area (Å²) in [6, 6.07) is 0.784. The molecule has 2 fully saturated rings. The number of aromatic nitrogens is 3. The molecule has 2 N–H and O–H groups in total. The second kappa shape index (κ2) is 4.87. The van der Waals surface area contributed by atoms with Crippen LogP contribution in [-0.2, 0) is 0 Å². The zero-order valence-electron chi connectivity index (χ0n) is 12.2. The predicted octanol–water partition coefficient (Wildman–Crippen LogP) is 1.65. The summed E-state index contributed by atoms with van der Waals surface area (Å²) in [4.78, 5) is 11.7. The van der Waals surface area contributed by atoms with Crippen LogP contribution in [0.5, 0.6) is 0 Å². The van der Waals surface area contributed by atoms with E-state index in [1.54, 1.807) is 0 Å². The van der Waals surface area contributed by atoms with Crippen molar-refractivity contribution >= 4 is 17.3 Å². The smallest absolute Gasteiger partial charge is 0.180 e. The van der Waals surface area contributed by atoms with Gasteiger partial charge in [-0.05, 0) is 32.6 Å². The van der Waals surface area contributed by atoms with Gasteiger partial charge in [0.1, 0.15) is 5.82 Å². The maximum Gasteiger partial charge on any atom is 0.180 e. The lowest BCUT2D eigenvalue weighted by atomic mass is 10.00. The Kier molecular flexibility index (Phi) is 2.99. The van der Waals surface area contributed by atoms with Crippen LogP contribution in [0.2, 0.25) is 0 Å². The Hall–Kier alpha value is -1.82. The fourth-order valence-electron chi connectivity index (χ4n) is 3.85. The van der Waals surface area contributed by atoms with Gasteiger partial charge in [-0.1, -0.05) is 0 Å². The highest BCUT2D eigenvalue weighted by Gasteiger charge is 2.41. The van der Waals surface area contributed by atoms with Crippen molar-refractivity contribution in [2.75, 3.05) is 16.8 Å². The van der Waals surface area contributed by atoms with Crippen LogP contribution in [-0.4, -0.2) is 44.2 Å². The van der Waals surface area contributed by atoms with Gasteiger partial charge in [0.25, 0.3) is 0 Å². The number of imidazole rings is 1. The van der Waals surface area contributed by atoms with Crippen molar-refractivity contribution in [2.24, 2.45) is 0 Å². The monoisotopic (exact) mass is 287 g/mol. The molecule has 21 heavy (non-hydrogen) atoms. The number of aliphatic hydroxyl groups excluding tert-OH is 1. The summed E-state index contributed by atoms with van der Waals surface area (Å²) in [5, 5.41) is 13.3. The van der Waals surface area contributed by atoms with Crippen LogP contribution in [0.3, 0.4) is 0 Å². The van der Waals surface area contributed by atoms with Crippen molar-refractivity contribution in [3.05, 3.63) is 18.6 Å². The first kappa shape index (κ1) is 12.9. The number of hydrogen-bond donors (Lipinski definition) is 2. The largest absolute Gasteiger partial charge is 0.393 e. The Balaban J connectivity index is 1.80. The van der Waals surface area contributed by atoms with Crippen LogP contribution < -0.4 is 10.2 Å². The molecular formula is C15H21N5O. The molecule has 4 rings (SSSR count). The minimum Gasteiger partial charge on any atom is -0.393 e. The summed E-state index contributed by atoms with van der Waals surface area (Å²) in [5.41, 5.74) is 0.907. The molecule has 0 amide bonds. The Labute approximate surface area is 123 Å². The molecule has 0 aromatic carbocycles. The van der Waals surface area contributed by atoms with Gasteiger partial charge in [0.15, 0.2) is 11.5 Å². The summed E-state index contributed by atoms with van der Waals surface area (Å²) in [7, 11) is 0. The number of anilines is 2. The lowest BCUT2D eigenvalue weighted by molar-refractivity contribution is 0.126. The average molecular weight is 287 g/mol. The van der Waals surface area contributed by atoms with Crippen LogP contribution in [0.1, 0.15) is 32.6 Å². The van der Waals surface area contributed by atoms with Gasteiger partial charge in [-0.2, -0.15) is 0 Å². The van der Waals surface area contributed by atoms with Crippen LogP contribution in [0, 0.1) is 0 Å². The van der Waals surface area contributed by atoms with Gasteiger partial charge in [0.05, 0.1) is 12.3 Å². The zero-order chi connectivity index (χ0) is 14.4. The number of nitrogens with one attached hydrogen (secondary N) is 1. The summed E-state index contributed by atoms with van der Waals surface area (Å²) in [5.74, 6) is 1.83. The third-order valence-corrected chi connectivity index (χ3v) is 4.67. The van der Waals surface area contributed by atoms with Gasteiger partial charge in [-0.15, -0.1) is 0 Å². The standard InChI is InChI=1S/C15H21N5O/c1-2-16-13-9-19-6-5-17-14(19)15(18-13)20-10-3-4-11(20)8-12(21)7-10/h5-6,9-12,16,21H,2-4,7-8H2,1H3. The molecule has 2 saturated heterocycles. The van der Waals surface area contributed by atoms with Gasteiger partial charge in [0.2, 0.25) is 0 Å². The Bertz CT molecular complexity index is 641. The molecule has 4 heterocycles. The number of rotatable bonds is 3. The molecule has 2 bridgehead atoms. The molecule has 0 saturated carbocycles. The molecule has 0 aliphatic carbocycles. The van der Waals surface area contributed by atoms with E-state index >= 15 is 0 Å². The van der Waals surface area contributed by atoms with Crippen molar-refractivity contribution in [3.63, 3.8) is 0 Å². The van der Waals surface area contributed by atoms with E-state index in [4.69, 9.17) is 4.98 Å². The minimum absolute atomic E-state index is 0.161. The number of piperidine rings is 1. The Morgan fingerprint density at radius 1 is 1.33 bits per heavy atom. The van der Waals surface area contributed by atoms with E-state index < -0.39 is 0 Å². The molecule has 6 nitrogen and oxygen atoms in total. The SMILES string of the molecule is CCNc1cn2ccnc2c(N2C3CCC2CC(O)C3)n1. The minimum atomic E-state index is -0.161. The van der Waals surface area contributed by atoms with E-state index in [1.165, 1.54) is 0 Å². The van der Waals surface area contributed by atoms with Crippen LogP contribution >= 0.6 is 0 Å². The van der Waals surface area contributed by atoms with Gasteiger partial charge in [-0.25, -0.2) is 9.97 Å². The zero-order valence-corrected chi connectivity index (χ0v) is 12.2. The van der Waals surface area contributed by atoms with Crippen molar-refractivity contribution in [1.82, 2.24) is 14.4 Å². The second-order valence-electron chi connectivity index (χ2n) is 6.06. The number of hydrogen-bond acceptors (Lipinski definition) is 5. The molecule has 2 aliphatic rings. The Morgan fingerprint density at radius 2 is 2.10 bits per heavy atom. The molecule has 2 aliphatic heterocycles. The maximum absolute atomic E-state index is 9.99. The van der Waals surface area contributed by atoms with Gasteiger partial charge >= 0.3 is 0 Å². The third-order valence-electron chi connectivity index (χ3n) is 4.67. The maximum atomic E-state index is 9.99. The first-order valence-electron chi connectivity index (χ1n) is 7.80. The number of aliphatic hydroxyl groups is 1. The lowest BCUT2D eigenvalue weighted by Crippen LogP contribution is -2.45. The molecule has 2 aromatic heterocycles. The molecule has 2 unspecified atom stereocenters. The first-order chi connectivity index (χ1) is 10.3. The van der Waals surface area contributed by atoms with E-state index in [2.05, 4.69) is 22.1 Å². The summed E-state index contributed by atoms with van der Waals surface area (Å²) < 4.78 is 2.03. The fourth-order valence-corrected chi connectivity index (χ4v) is 3.85. The highest BCUT2D eigenvalue weighted by molar-refractivity contribution is 5.68. The molecule has 2 aromatic rings. The van der Waals surface area contributed by atoms with E-state index in [0.29, 0.717) is 12.1 Å². The summed E-state index contributed by atoms with van der Waals surface area (Å²) in [6.45, 7) is 2.92.